The molecule has 25 heavy (non-hydrogen) atoms. The molecule has 5 nitrogen and oxygen atoms in total. The zero-order chi connectivity index (χ0) is 18.7. The van der Waals surface area contributed by atoms with Gasteiger partial charge in [-0.1, -0.05) is 24.3 Å². The predicted octanol–water partition coefficient (Wildman–Crippen LogP) is 2.97. The van der Waals surface area contributed by atoms with Gasteiger partial charge in [0.25, 0.3) is 0 Å². The summed E-state index contributed by atoms with van der Waals surface area (Å²) < 4.78 is 69.1. The number of alkyl halides is 3. The third-order valence-electron chi connectivity index (χ3n) is 3.33. The Morgan fingerprint density at radius 3 is 2.24 bits per heavy atom. The summed E-state index contributed by atoms with van der Waals surface area (Å²) in [6, 6.07) is 9.56. The number of benzene rings is 2. The third kappa shape index (κ3) is 4.58. The monoisotopic (exact) mass is 373 g/mol. The Morgan fingerprint density at radius 1 is 1.08 bits per heavy atom. The fourth-order valence-electron chi connectivity index (χ4n) is 2.05. The van der Waals surface area contributed by atoms with Crippen LogP contribution in [0.15, 0.2) is 53.4 Å². The second-order valence-electron chi connectivity index (χ2n) is 5.01. The zero-order valence-corrected chi connectivity index (χ0v) is 13.8. The molecule has 2 rings (SSSR count). The molecule has 134 valence electrons. The van der Waals surface area contributed by atoms with Crippen LogP contribution >= 0.6 is 0 Å². The largest absolute Gasteiger partial charge is 0.465 e. The highest BCUT2D eigenvalue weighted by atomic mass is 32.2. The second-order valence-corrected chi connectivity index (χ2v) is 6.74. The van der Waals surface area contributed by atoms with Crippen molar-refractivity contribution < 1.29 is 31.1 Å². The summed E-state index contributed by atoms with van der Waals surface area (Å²) in [4.78, 5) is 11.4. The molecule has 0 heterocycles. The summed E-state index contributed by atoms with van der Waals surface area (Å²) in [5.74, 6) is -0.810. The van der Waals surface area contributed by atoms with Gasteiger partial charge < -0.3 is 4.74 Å². The fraction of sp³-hybridized carbons (Fsp3) is 0.188. The smallest absolute Gasteiger partial charge is 0.416 e. The van der Waals surface area contributed by atoms with Gasteiger partial charge in [-0.3, -0.25) is 0 Å². The first kappa shape index (κ1) is 18.9. The van der Waals surface area contributed by atoms with Gasteiger partial charge in [-0.15, -0.1) is 0 Å². The topological polar surface area (TPSA) is 72.5 Å². The van der Waals surface area contributed by atoms with Crippen molar-refractivity contribution in [1.82, 2.24) is 4.72 Å². The molecular formula is C16H14F3NO4S. The number of sulfonamides is 1. The summed E-state index contributed by atoms with van der Waals surface area (Å²) in [5, 5.41) is 0. The molecule has 2 aromatic rings. The van der Waals surface area contributed by atoms with Crippen LogP contribution < -0.4 is 4.72 Å². The van der Waals surface area contributed by atoms with Gasteiger partial charge in [-0.05, 0) is 29.8 Å². The fourth-order valence-corrected chi connectivity index (χ4v) is 3.26. The van der Waals surface area contributed by atoms with Crippen LogP contribution in [0.1, 0.15) is 21.5 Å². The quantitative estimate of drug-likeness (QED) is 0.818. The highest BCUT2D eigenvalue weighted by Gasteiger charge is 2.30. The second kappa shape index (κ2) is 7.24. The van der Waals surface area contributed by atoms with E-state index in [0.29, 0.717) is 5.56 Å². The lowest BCUT2D eigenvalue weighted by Gasteiger charge is -2.11. The molecule has 0 atom stereocenters. The van der Waals surface area contributed by atoms with Crippen LogP contribution in [0, 0.1) is 0 Å². The highest BCUT2D eigenvalue weighted by Crippen LogP contribution is 2.29. The van der Waals surface area contributed by atoms with E-state index in [9.17, 15) is 26.4 Å². The maximum atomic E-state index is 12.5. The van der Waals surface area contributed by atoms with Gasteiger partial charge in [-0.25, -0.2) is 17.9 Å². The van der Waals surface area contributed by atoms with E-state index >= 15 is 0 Å². The number of halogens is 3. The van der Waals surface area contributed by atoms with Crippen LogP contribution in [0.5, 0.6) is 0 Å². The molecule has 1 N–H and O–H groups in total. The number of methoxy groups -OCH3 is 1. The molecule has 0 aliphatic carbocycles. The van der Waals surface area contributed by atoms with Crippen LogP contribution in [-0.2, 0) is 27.5 Å². The number of nitrogens with one attached hydrogen (secondary N) is 1. The molecule has 0 aliphatic rings. The van der Waals surface area contributed by atoms with E-state index in [0.717, 1.165) is 19.2 Å². The maximum Gasteiger partial charge on any atom is 0.416 e. The minimum absolute atomic E-state index is 0.134. The average molecular weight is 373 g/mol. The molecule has 0 radical (unpaired) electrons. The average Bonchev–Trinajstić information content (AvgIpc) is 2.59. The summed E-state index contributed by atoms with van der Waals surface area (Å²) >= 11 is 0. The molecule has 0 aromatic heterocycles. The van der Waals surface area contributed by atoms with Crippen molar-refractivity contribution in [3.05, 3.63) is 65.2 Å². The summed E-state index contributed by atoms with van der Waals surface area (Å²) in [6.07, 6.45) is -4.46. The van der Waals surface area contributed by atoms with Gasteiger partial charge in [0.15, 0.2) is 0 Å². The van der Waals surface area contributed by atoms with Gasteiger partial charge in [-0.2, -0.15) is 13.2 Å². The number of carbonyl (C=O) groups is 1. The minimum Gasteiger partial charge on any atom is -0.465 e. The van der Waals surface area contributed by atoms with Crippen molar-refractivity contribution in [3.63, 3.8) is 0 Å². The molecule has 0 fully saturated rings. The lowest BCUT2D eigenvalue weighted by Crippen LogP contribution is -2.25. The van der Waals surface area contributed by atoms with Gasteiger partial charge in [0, 0.05) is 6.54 Å². The van der Waals surface area contributed by atoms with Crippen LogP contribution in [0.2, 0.25) is 0 Å². The molecule has 0 aliphatic heterocycles. The molecular weight excluding hydrogens is 359 g/mol. The normalized spacial score (nSPS) is 12.0. The van der Waals surface area contributed by atoms with Gasteiger partial charge in [0.1, 0.15) is 0 Å². The van der Waals surface area contributed by atoms with E-state index < -0.39 is 27.7 Å². The van der Waals surface area contributed by atoms with Crippen molar-refractivity contribution in [1.29, 1.82) is 0 Å². The lowest BCUT2D eigenvalue weighted by molar-refractivity contribution is -0.137. The third-order valence-corrected chi connectivity index (χ3v) is 4.79. The Labute approximate surface area is 142 Å². The van der Waals surface area contributed by atoms with Gasteiger partial charge in [0.05, 0.1) is 23.1 Å². The van der Waals surface area contributed by atoms with Gasteiger partial charge in [0.2, 0.25) is 10.0 Å². The van der Waals surface area contributed by atoms with Crippen molar-refractivity contribution >= 4 is 16.0 Å². The van der Waals surface area contributed by atoms with Crippen molar-refractivity contribution in [2.24, 2.45) is 0 Å². The number of rotatable bonds is 5. The number of carbonyl (C=O) groups excluding carboxylic acids is 1. The predicted molar refractivity (Wildman–Crippen MR) is 83.3 cm³/mol. The first-order chi connectivity index (χ1) is 11.6. The minimum atomic E-state index is -4.46. The Kier molecular flexibility index (Phi) is 5.48. The van der Waals surface area contributed by atoms with Gasteiger partial charge >= 0.3 is 12.1 Å². The Balaban J connectivity index is 2.19. The number of ether oxygens (including phenoxy) is 1. The lowest BCUT2D eigenvalue weighted by atomic mass is 10.1. The molecule has 0 amide bonds. The Bertz CT molecular complexity index is 862. The SMILES string of the molecule is COC(=O)c1ccccc1S(=O)(=O)NCc1ccc(C(F)(F)F)cc1. The maximum absolute atomic E-state index is 12.5. The van der Waals surface area contributed by atoms with Crippen molar-refractivity contribution in [2.75, 3.05) is 7.11 Å². The van der Waals surface area contributed by atoms with E-state index in [1.165, 1.54) is 36.4 Å². The molecule has 0 saturated heterocycles. The summed E-state index contributed by atoms with van der Waals surface area (Å²) in [6.45, 7) is -0.226. The van der Waals surface area contributed by atoms with Crippen molar-refractivity contribution in [2.45, 2.75) is 17.6 Å². The molecule has 9 heteroatoms. The Hall–Kier alpha value is -2.39. The van der Waals surface area contributed by atoms with Crippen LogP contribution in [-0.4, -0.2) is 21.5 Å². The molecule has 0 bridgehead atoms. The number of hydrogen-bond donors (Lipinski definition) is 1. The van der Waals surface area contributed by atoms with E-state index in [-0.39, 0.29) is 17.0 Å². The van der Waals surface area contributed by atoms with E-state index in [4.69, 9.17) is 0 Å². The zero-order valence-electron chi connectivity index (χ0n) is 13.0. The molecule has 0 saturated carbocycles. The van der Waals surface area contributed by atoms with Crippen LogP contribution in [0.4, 0.5) is 13.2 Å². The number of esters is 1. The number of hydrogen-bond acceptors (Lipinski definition) is 4. The molecule has 0 spiro atoms. The first-order valence-electron chi connectivity index (χ1n) is 6.98. The van der Waals surface area contributed by atoms with Crippen molar-refractivity contribution in [3.8, 4) is 0 Å². The highest BCUT2D eigenvalue weighted by molar-refractivity contribution is 7.89. The summed E-state index contributed by atoms with van der Waals surface area (Å²) in [7, 11) is -2.93. The van der Waals surface area contributed by atoms with E-state index in [1.807, 2.05) is 0 Å². The van der Waals surface area contributed by atoms with E-state index in [1.54, 1.807) is 0 Å². The standard InChI is InChI=1S/C16H14F3NO4S/c1-24-15(21)13-4-2-3-5-14(13)25(22,23)20-10-11-6-8-12(9-7-11)16(17,18)19/h2-9,20H,10H2,1H3. The molecule has 2 aromatic carbocycles. The molecule has 0 unspecified atom stereocenters. The van der Waals surface area contributed by atoms with Crippen LogP contribution in [0.3, 0.4) is 0 Å². The Morgan fingerprint density at radius 2 is 1.68 bits per heavy atom. The first-order valence-corrected chi connectivity index (χ1v) is 8.46. The summed E-state index contributed by atoms with van der Waals surface area (Å²) in [5.41, 5.74) is -0.618. The van der Waals surface area contributed by atoms with E-state index in [2.05, 4.69) is 9.46 Å². The van der Waals surface area contributed by atoms with Crippen LogP contribution in [0.25, 0.3) is 0 Å².